The Hall–Kier alpha value is -1.52. The second kappa shape index (κ2) is 4.79. The number of ether oxygens (including phenoxy) is 1. The number of aliphatic hydroxyl groups is 3. The molecule has 10 heteroatoms. The predicted octanol–water partition coefficient (Wildman–Crippen LogP) is -1.33. The summed E-state index contributed by atoms with van der Waals surface area (Å²) in [5.41, 5.74) is 6.27. The molecule has 0 spiro atoms. The molecule has 0 saturated carbocycles. The third-order valence-corrected chi connectivity index (χ3v) is 3.38. The number of nitrogen functional groups attached to an aromatic ring is 1. The van der Waals surface area contributed by atoms with E-state index in [0.717, 1.165) is 0 Å². The molecule has 0 radical (unpaired) electrons. The maximum absolute atomic E-state index is 9.99. The summed E-state index contributed by atoms with van der Waals surface area (Å²) in [6.45, 7) is -0.417. The summed E-state index contributed by atoms with van der Waals surface area (Å²) >= 11 is 5.74. The van der Waals surface area contributed by atoms with E-state index in [0.29, 0.717) is 5.52 Å². The molecule has 5 N–H and O–H groups in total. The number of aliphatic hydroxyl groups excluding tert-OH is 3. The van der Waals surface area contributed by atoms with Crippen molar-refractivity contribution in [3.63, 3.8) is 0 Å². The highest BCUT2D eigenvalue weighted by atomic mass is 35.5. The molecule has 2 aromatic rings. The highest BCUT2D eigenvalue weighted by Gasteiger charge is 2.44. The van der Waals surface area contributed by atoms with Crippen molar-refractivity contribution in [2.24, 2.45) is 0 Å². The van der Waals surface area contributed by atoms with E-state index in [1.165, 1.54) is 10.9 Å². The van der Waals surface area contributed by atoms with E-state index in [4.69, 9.17) is 27.2 Å². The molecule has 1 fully saturated rings. The van der Waals surface area contributed by atoms with Gasteiger partial charge in [0.25, 0.3) is 0 Å². The molecule has 0 aliphatic carbocycles. The largest absolute Gasteiger partial charge is 0.394 e. The van der Waals surface area contributed by atoms with Crippen molar-refractivity contribution in [1.29, 1.82) is 0 Å². The monoisotopic (exact) mass is 301 g/mol. The summed E-state index contributed by atoms with van der Waals surface area (Å²) in [5.74, 6) is 0.102. The van der Waals surface area contributed by atoms with Crippen molar-refractivity contribution < 1.29 is 20.1 Å². The van der Waals surface area contributed by atoms with Crippen LogP contribution in [-0.4, -0.2) is 59.8 Å². The molecule has 0 amide bonds. The average Bonchev–Trinajstić information content (AvgIpc) is 2.93. The number of aromatic nitrogens is 4. The van der Waals surface area contributed by atoms with Crippen LogP contribution in [0.25, 0.3) is 11.2 Å². The molecule has 20 heavy (non-hydrogen) atoms. The van der Waals surface area contributed by atoms with Crippen molar-refractivity contribution in [1.82, 2.24) is 19.5 Å². The Morgan fingerprint density at radius 1 is 1.35 bits per heavy atom. The molecule has 2 aromatic heterocycles. The van der Waals surface area contributed by atoms with E-state index in [1.54, 1.807) is 0 Å². The van der Waals surface area contributed by atoms with Crippen LogP contribution in [0, 0.1) is 0 Å². The van der Waals surface area contributed by atoms with Crippen LogP contribution in [0.5, 0.6) is 0 Å². The van der Waals surface area contributed by atoms with Crippen LogP contribution < -0.4 is 5.73 Å². The highest BCUT2D eigenvalue weighted by Crippen LogP contribution is 2.32. The number of imidazole rings is 1. The predicted molar refractivity (Wildman–Crippen MR) is 67.8 cm³/mol. The SMILES string of the molecule is Nc1nc(Cl)nc2c1ncn2[C@@H]1O[C@H](CO)C(O)[C@@H]1O. The van der Waals surface area contributed by atoms with E-state index < -0.39 is 31.1 Å². The van der Waals surface area contributed by atoms with Gasteiger partial charge < -0.3 is 25.8 Å². The quantitative estimate of drug-likeness (QED) is 0.500. The maximum atomic E-state index is 9.99. The Balaban J connectivity index is 2.07. The van der Waals surface area contributed by atoms with Crippen LogP contribution in [0.4, 0.5) is 5.82 Å². The van der Waals surface area contributed by atoms with Gasteiger partial charge in [0.15, 0.2) is 17.7 Å². The lowest BCUT2D eigenvalue weighted by molar-refractivity contribution is -0.0511. The zero-order valence-corrected chi connectivity index (χ0v) is 10.8. The van der Waals surface area contributed by atoms with Gasteiger partial charge in [-0.3, -0.25) is 4.57 Å². The normalized spacial score (nSPS) is 30.2. The Bertz CT molecular complexity index is 650. The first kappa shape index (κ1) is 13.5. The minimum Gasteiger partial charge on any atom is -0.394 e. The van der Waals surface area contributed by atoms with Gasteiger partial charge in [-0.25, -0.2) is 4.98 Å². The van der Waals surface area contributed by atoms with E-state index in [-0.39, 0.29) is 16.7 Å². The zero-order chi connectivity index (χ0) is 14.4. The van der Waals surface area contributed by atoms with E-state index in [9.17, 15) is 10.2 Å². The smallest absolute Gasteiger partial charge is 0.226 e. The van der Waals surface area contributed by atoms with Gasteiger partial charge in [-0.05, 0) is 11.6 Å². The van der Waals surface area contributed by atoms with Gasteiger partial charge in [-0.15, -0.1) is 0 Å². The van der Waals surface area contributed by atoms with Crippen LogP contribution >= 0.6 is 11.6 Å². The fourth-order valence-electron chi connectivity index (χ4n) is 2.21. The standard InChI is InChI=1S/C10H12ClN5O4/c11-10-14-7(12)4-8(15-10)16(2-13-4)9-6(19)5(18)3(1-17)20-9/h2-3,5-6,9,17-19H,1H2,(H2,12,14,15)/t3-,5?,6+,9-/m1/s1. The number of fused-ring (bicyclic) bond motifs is 1. The van der Waals surface area contributed by atoms with Crippen molar-refractivity contribution in [2.45, 2.75) is 24.5 Å². The van der Waals surface area contributed by atoms with Gasteiger partial charge in [0.05, 0.1) is 12.9 Å². The number of anilines is 1. The molecule has 1 aliphatic heterocycles. The number of hydrogen-bond donors (Lipinski definition) is 4. The first-order valence-electron chi connectivity index (χ1n) is 5.81. The highest BCUT2D eigenvalue weighted by molar-refractivity contribution is 6.28. The number of hydrogen-bond acceptors (Lipinski definition) is 8. The van der Waals surface area contributed by atoms with Crippen molar-refractivity contribution in [2.75, 3.05) is 12.3 Å². The minimum atomic E-state index is -1.24. The summed E-state index contributed by atoms with van der Waals surface area (Å²) in [6.07, 6.45) is -2.93. The molecule has 3 rings (SSSR count). The second-order valence-corrected chi connectivity index (χ2v) is 4.77. The first-order chi connectivity index (χ1) is 9.52. The minimum absolute atomic E-state index is 0.0662. The van der Waals surface area contributed by atoms with Crippen LogP contribution in [-0.2, 0) is 4.74 Å². The molecule has 4 atom stereocenters. The lowest BCUT2D eigenvalue weighted by Crippen LogP contribution is -2.33. The topological polar surface area (TPSA) is 140 Å². The van der Waals surface area contributed by atoms with Crippen LogP contribution in [0.3, 0.4) is 0 Å². The van der Waals surface area contributed by atoms with Crippen LogP contribution in [0.2, 0.25) is 5.28 Å². The molecular formula is C10H12ClN5O4. The Labute approximate surface area is 117 Å². The number of halogens is 1. The lowest BCUT2D eigenvalue weighted by Gasteiger charge is -2.16. The van der Waals surface area contributed by atoms with Gasteiger partial charge in [-0.2, -0.15) is 9.97 Å². The summed E-state index contributed by atoms with van der Waals surface area (Å²) in [7, 11) is 0. The molecular weight excluding hydrogens is 290 g/mol. The summed E-state index contributed by atoms with van der Waals surface area (Å²) < 4.78 is 6.79. The molecule has 3 heterocycles. The fraction of sp³-hybridized carbons (Fsp3) is 0.500. The lowest BCUT2D eigenvalue weighted by atomic mass is 10.1. The van der Waals surface area contributed by atoms with E-state index in [2.05, 4.69) is 15.0 Å². The fourth-order valence-corrected chi connectivity index (χ4v) is 2.38. The Morgan fingerprint density at radius 3 is 2.75 bits per heavy atom. The molecule has 9 nitrogen and oxygen atoms in total. The van der Waals surface area contributed by atoms with Crippen molar-refractivity contribution >= 4 is 28.6 Å². The number of nitrogens with two attached hydrogens (primary N) is 1. The van der Waals surface area contributed by atoms with Gasteiger partial charge in [0, 0.05) is 0 Å². The van der Waals surface area contributed by atoms with E-state index in [1.807, 2.05) is 0 Å². The van der Waals surface area contributed by atoms with Gasteiger partial charge in [0.2, 0.25) is 5.28 Å². The summed E-state index contributed by atoms with van der Waals surface area (Å²) in [6, 6.07) is 0. The maximum Gasteiger partial charge on any atom is 0.226 e. The first-order valence-corrected chi connectivity index (χ1v) is 6.18. The zero-order valence-electron chi connectivity index (χ0n) is 10.1. The molecule has 1 saturated heterocycles. The third kappa shape index (κ3) is 1.91. The van der Waals surface area contributed by atoms with Crippen LogP contribution in [0.1, 0.15) is 6.23 Å². The summed E-state index contributed by atoms with van der Waals surface area (Å²) in [4.78, 5) is 11.8. The van der Waals surface area contributed by atoms with Crippen LogP contribution in [0.15, 0.2) is 6.33 Å². The molecule has 0 bridgehead atoms. The van der Waals surface area contributed by atoms with Crippen molar-refractivity contribution in [3.05, 3.63) is 11.6 Å². The molecule has 1 unspecified atom stereocenters. The molecule has 0 aromatic carbocycles. The number of rotatable bonds is 2. The average molecular weight is 302 g/mol. The third-order valence-electron chi connectivity index (χ3n) is 3.21. The van der Waals surface area contributed by atoms with E-state index >= 15 is 0 Å². The second-order valence-electron chi connectivity index (χ2n) is 4.43. The van der Waals surface area contributed by atoms with Gasteiger partial charge >= 0.3 is 0 Å². The van der Waals surface area contributed by atoms with Gasteiger partial charge in [0.1, 0.15) is 23.8 Å². The molecule has 108 valence electrons. The Kier molecular flexibility index (Phi) is 3.22. The van der Waals surface area contributed by atoms with Gasteiger partial charge in [-0.1, -0.05) is 0 Å². The number of nitrogens with zero attached hydrogens (tertiary/aromatic N) is 4. The van der Waals surface area contributed by atoms with Crippen molar-refractivity contribution in [3.8, 4) is 0 Å². The summed E-state index contributed by atoms with van der Waals surface area (Å²) in [5, 5.41) is 28.8. The Morgan fingerprint density at radius 2 is 2.10 bits per heavy atom. The molecule has 1 aliphatic rings.